The fraction of sp³-hybridized carbons (Fsp3) is 0.769. The van der Waals surface area contributed by atoms with Crippen LogP contribution in [0.1, 0.15) is 32.5 Å². The van der Waals surface area contributed by atoms with Crippen LogP contribution >= 0.6 is 0 Å². The predicted molar refractivity (Wildman–Crippen MR) is 78.0 cm³/mol. The van der Waals surface area contributed by atoms with Gasteiger partial charge in [-0.25, -0.2) is 13.4 Å². The number of piperidine rings is 1. The Kier molecular flexibility index (Phi) is 4.82. The highest BCUT2D eigenvalue weighted by molar-refractivity contribution is 7.89. The summed E-state index contributed by atoms with van der Waals surface area (Å²) in [6.07, 6.45) is 4.11. The van der Waals surface area contributed by atoms with Crippen molar-refractivity contribution in [3.63, 3.8) is 0 Å². The Morgan fingerprint density at radius 1 is 1.60 bits per heavy atom. The average Bonchev–Trinajstić information content (AvgIpc) is 2.96. The number of imidazole rings is 1. The first-order valence-electron chi connectivity index (χ1n) is 7.20. The number of hydrogen-bond donors (Lipinski definition) is 2. The summed E-state index contributed by atoms with van der Waals surface area (Å²) in [5, 5.41) is 3.43. The Hall–Kier alpha value is -0.920. The van der Waals surface area contributed by atoms with Crippen molar-refractivity contribution in [3.05, 3.63) is 12.0 Å². The lowest BCUT2D eigenvalue weighted by atomic mass is 9.93. The minimum atomic E-state index is -3.44. The maximum atomic E-state index is 12.6. The SMILES string of the molecule is CCc1ncc(S(=O)(=O)N2CCCC(C(C)NC)C2)[nH]1. The molecule has 114 valence electrons. The predicted octanol–water partition coefficient (Wildman–Crippen LogP) is 0.981. The fourth-order valence-corrected chi connectivity index (χ4v) is 4.10. The van der Waals surface area contributed by atoms with Crippen LogP contribution in [0.3, 0.4) is 0 Å². The fourth-order valence-electron chi connectivity index (χ4n) is 2.63. The van der Waals surface area contributed by atoms with Crippen LogP contribution < -0.4 is 5.32 Å². The second-order valence-corrected chi connectivity index (χ2v) is 7.30. The summed E-state index contributed by atoms with van der Waals surface area (Å²) in [7, 11) is -1.52. The quantitative estimate of drug-likeness (QED) is 0.850. The van der Waals surface area contributed by atoms with Crippen LogP contribution in [0.25, 0.3) is 0 Å². The van der Waals surface area contributed by atoms with Gasteiger partial charge in [0, 0.05) is 25.6 Å². The molecule has 0 aromatic carbocycles. The highest BCUT2D eigenvalue weighted by atomic mass is 32.2. The van der Waals surface area contributed by atoms with E-state index in [4.69, 9.17) is 0 Å². The molecule has 1 aliphatic heterocycles. The van der Waals surface area contributed by atoms with Crippen molar-refractivity contribution in [1.82, 2.24) is 19.6 Å². The summed E-state index contributed by atoms with van der Waals surface area (Å²) in [6, 6.07) is 0.320. The van der Waals surface area contributed by atoms with Crippen LogP contribution in [0.4, 0.5) is 0 Å². The molecule has 20 heavy (non-hydrogen) atoms. The smallest absolute Gasteiger partial charge is 0.260 e. The lowest BCUT2D eigenvalue weighted by Crippen LogP contribution is -2.45. The van der Waals surface area contributed by atoms with Gasteiger partial charge in [-0.05, 0) is 32.7 Å². The second-order valence-electron chi connectivity index (χ2n) is 5.39. The molecule has 1 aromatic rings. The van der Waals surface area contributed by atoms with E-state index in [0.717, 1.165) is 12.8 Å². The Morgan fingerprint density at radius 3 is 2.95 bits per heavy atom. The lowest BCUT2D eigenvalue weighted by molar-refractivity contribution is 0.228. The maximum absolute atomic E-state index is 12.6. The summed E-state index contributed by atoms with van der Waals surface area (Å²) in [6.45, 7) is 5.22. The van der Waals surface area contributed by atoms with Crippen LogP contribution in [-0.4, -0.2) is 48.9 Å². The van der Waals surface area contributed by atoms with E-state index >= 15 is 0 Å². The molecule has 2 unspecified atom stereocenters. The zero-order valence-corrected chi connectivity index (χ0v) is 13.2. The molecule has 0 spiro atoms. The first-order chi connectivity index (χ1) is 9.48. The Bertz CT molecular complexity index is 540. The Balaban J connectivity index is 2.16. The van der Waals surface area contributed by atoms with Gasteiger partial charge in [-0.1, -0.05) is 6.92 Å². The molecule has 0 bridgehead atoms. The maximum Gasteiger partial charge on any atom is 0.260 e. The van der Waals surface area contributed by atoms with Crippen molar-refractivity contribution < 1.29 is 8.42 Å². The second kappa shape index (κ2) is 6.24. The van der Waals surface area contributed by atoms with E-state index in [1.165, 1.54) is 6.20 Å². The molecule has 7 heteroatoms. The Labute approximate surface area is 121 Å². The number of aromatic nitrogens is 2. The van der Waals surface area contributed by atoms with E-state index in [-0.39, 0.29) is 5.03 Å². The van der Waals surface area contributed by atoms with Gasteiger partial charge in [0.1, 0.15) is 5.82 Å². The minimum Gasteiger partial charge on any atom is -0.332 e. The van der Waals surface area contributed by atoms with Gasteiger partial charge in [0.2, 0.25) is 0 Å². The molecule has 0 amide bonds. The summed E-state index contributed by atoms with van der Waals surface area (Å²) >= 11 is 0. The van der Waals surface area contributed by atoms with E-state index in [1.54, 1.807) is 4.31 Å². The van der Waals surface area contributed by atoms with Gasteiger partial charge in [0.25, 0.3) is 10.0 Å². The Morgan fingerprint density at radius 2 is 2.35 bits per heavy atom. The summed E-state index contributed by atoms with van der Waals surface area (Å²) < 4.78 is 26.8. The molecule has 1 aliphatic rings. The molecule has 2 atom stereocenters. The summed E-state index contributed by atoms with van der Waals surface area (Å²) in [5.74, 6) is 1.07. The van der Waals surface area contributed by atoms with Crippen LogP contribution in [0.15, 0.2) is 11.2 Å². The van der Waals surface area contributed by atoms with E-state index in [9.17, 15) is 8.42 Å². The molecular formula is C13H24N4O2S. The van der Waals surface area contributed by atoms with Gasteiger partial charge in [-0.15, -0.1) is 0 Å². The molecule has 2 rings (SSSR count). The molecule has 1 fully saturated rings. The van der Waals surface area contributed by atoms with Crippen LogP contribution in [-0.2, 0) is 16.4 Å². The molecule has 0 saturated carbocycles. The monoisotopic (exact) mass is 300 g/mol. The van der Waals surface area contributed by atoms with Crippen molar-refractivity contribution in [2.24, 2.45) is 5.92 Å². The van der Waals surface area contributed by atoms with Gasteiger partial charge < -0.3 is 10.3 Å². The van der Waals surface area contributed by atoms with Gasteiger partial charge >= 0.3 is 0 Å². The van der Waals surface area contributed by atoms with E-state index in [1.807, 2.05) is 14.0 Å². The third kappa shape index (κ3) is 3.05. The number of sulfonamides is 1. The van der Waals surface area contributed by atoms with Gasteiger partial charge in [0.15, 0.2) is 5.03 Å². The number of nitrogens with one attached hydrogen (secondary N) is 2. The highest BCUT2D eigenvalue weighted by Crippen LogP contribution is 2.24. The third-order valence-electron chi connectivity index (χ3n) is 4.14. The number of hydrogen-bond acceptors (Lipinski definition) is 4. The lowest BCUT2D eigenvalue weighted by Gasteiger charge is -2.34. The average molecular weight is 300 g/mol. The van der Waals surface area contributed by atoms with Crippen LogP contribution in [0.5, 0.6) is 0 Å². The van der Waals surface area contributed by atoms with Crippen LogP contribution in [0, 0.1) is 5.92 Å². The third-order valence-corrected chi connectivity index (χ3v) is 5.92. The van der Waals surface area contributed by atoms with Crippen molar-refractivity contribution in [3.8, 4) is 0 Å². The first-order valence-corrected chi connectivity index (χ1v) is 8.64. The molecule has 0 radical (unpaired) electrons. The normalized spacial score (nSPS) is 22.9. The number of nitrogens with zero attached hydrogens (tertiary/aromatic N) is 2. The number of aromatic amines is 1. The number of H-pyrrole nitrogens is 1. The standard InChI is InChI=1S/C13H24N4O2S/c1-4-12-15-8-13(16-12)20(18,19)17-7-5-6-11(9-17)10(2)14-3/h8,10-11,14H,4-7,9H2,1-3H3,(H,15,16). The molecule has 1 aromatic heterocycles. The van der Waals surface area contributed by atoms with Gasteiger partial charge in [-0.3, -0.25) is 0 Å². The minimum absolute atomic E-state index is 0.215. The van der Waals surface area contributed by atoms with Crippen molar-refractivity contribution in [2.45, 2.75) is 44.2 Å². The van der Waals surface area contributed by atoms with Gasteiger partial charge in [-0.2, -0.15) is 4.31 Å². The van der Waals surface area contributed by atoms with Crippen molar-refractivity contribution in [1.29, 1.82) is 0 Å². The molecule has 1 saturated heterocycles. The number of aryl methyl sites for hydroxylation is 1. The molecule has 6 nitrogen and oxygen atoms in total. The van der Waals surface area contributed by atoms with E-state index in [2.05, 4.69) is 22.2 Å². The molecule has 0 aliphatic carbocycles. The number of rotatable bonds is 5. The van der Waals surface area contributed by atoms with Crippen molar-refractivity contribution in [2.75, 3.05) is 20.1 Å². The summed E-state index contributed by atoms with van der Waals surface area (Å²) in [5.41, 5.74) is 0. The van der Waals surface area contributed by atoms with Crippen molar-refractivity contribution >= 4 is 10.0 Å². The largest absolute Gasteiger partial charge is 0.332 e. The van der Waals surface area contributed by atoms with Gasteiger partial charge in [0.05, 0.1) is 6.20 Å². The molecular weight excluding hydrogens is 276 g/mol. The van der Waals surface area contributed by atoms with Crippen LogP contribution in [0.2, 0.25) is 0 Å². The molecule has 2 heterocycles. The topological polar surface area (TPSA) is 78.1 Å². The molecule has 2 N–H and O–H groups in total. The highest BCUT2D eigenvalue weighted by Gasteiger charge is 2.33. The van der Waals surface area contributed by atoms with E-state index in [0.29, 0.717) is 37.3 Å². The zero-order chi connectivity index (χ0) is 14.8. The van der Waals surface area contributed by atoms with E-state index < -0.39 is 10.0 Å². The summed E-state index contributed by atoms with van der Waals surface area (Å²) in [4.78, 5) is 6.99. The first kappa shape index (κ1) is 15.5. The zero-order valence-electron chi connectivity index (χ0n) is 12.4.